The molecule has 0 bridgehead atoms. The molecular formula is C33H43N3O8S. The molecule has 2 amide bonds. The van der Waals surface area contributed by atoms with Crippen LogP contribution in [0.15, 0.2) is 71.6 Å². The van der Waals surface area contributed by atoms with Gasteiger partial charge in [-0.1, -0.05) is 30.3 Å². The molecule has 0 radical (unpaired) electrons. The highest BCUT2D eigenvalue weighted by atomic mass is 32.2. The number of rotatable bonds is 14. The summed E-state index contributed by atoms with van der Waals surface area (Å²) < 4.78 is 51.3. The summed E-state index contributed by atoms with van der Waals surface area (Å²) in [6, 6.07) is 17.5. The zero-order valence-corrected chi connectivity index (χ0v) is 27.9. The van der Waals surface area contributed by atoms with E-state index in [-0.39, 0.29) is 34.5 Å². The third-order valence-corrected chi connectivity index (χ3v) is 8.78. The molecule has 244 valence electrons. The second-order valence-corrected chi connectivity index (χ2v) is 13.2. The van der Waals surface area contributed by atoms with Crippen molar-refractivity contribution in [3.8, 4) is 23.0 Å². The number of amides is 2. The number of carbonyl (C=O) groups is 2. The number of carbonyl (C=O) groups excluding carboxylic acids is 2. The molecule has 0 heterocycles. The van der Waals surface area contributed by atoms with Crippen molar-refractivity contribution in [2.24, 2.45) is 0 Å². The molecule has 0 aromatic heterocycles. The largest absolute Gasteiger partial charge is 0.497 e. The Morgan fingerprint density at radius 3 is 2.02 bits per heavy atom. The molecule has 12 heteroatoms. The van der Waals surface area contributed by atoms with Crippen LogP contribution >= 0.6 is 0 Å². The maximum absolute atomic E-state index is 14.4. The van der Waals surface area contributed by atoms with E-state index in [0.29, 0.717) is 17.9 Å². The van der Waals surface area contributed by atoms with E-state index in [1.165, 1.54) is 57.6 Å². The Morgan fingerprint density at radius 2 is 1.44 bits per heavy atom. The number of nitrogens with one attached hydrogen (secondary N) is 1. The Balaban J connectivity index is 2.13. The monoisotopic (exact) mass is 641 g/mol. The molecule has 0 saturated heterocycles. The lowest BCUT2D eigenvalue weighted by atomic mass is 10.1. The Kier molecular flexibility index (Phi) is 11.7. The zero-order chi connectivity index (χ0) is 33.4. The fourth-order valence-electron chi connectivity index (χ4n) is 4.65. The summed E-state index contributed by atoms with van der Waals surface area (Å²) in [4.78, 5) is 28.8. The average molecular weight is 642 g/mol. The van der Waals surface area contributed by atoms with Crippen LogP contribution in [0, 0.1) is 0 Å². The topological polar surface area (TPSA) is 124 Å². The predicted molar refractivity (Wildman–Crippen MR) is 173 cm³/mol. The predicted octanol–water partition coefficient (Wildman–Crippen LogP) is 4.29. The van der Waals surface area contributed by atoms with Crippen molar-refractivity contribution in [1.82, 2.24) is 10.2 Å². The molecular weight excluding hydrogens is 598 g/mol. The molecule has 1 unspecified atom stereocenters. The number of methoxy groups -OCH3 is 4. The second kappa shape index (κ2) is 15.0. The molecule has 0 spiro atoms. The second-order valence-electron chi connectivity index (χ2n) is 11.3. The van der Waals surface area contributed by atoms with Crippen LogP contribution < -0.4 is 28.6 Å². The number of anilines is 1. The third kappa shape index (κ3) is 8.81. The molecule has 0 aliphatic rings. The minimum Gasteiger partial charge on any atom is -0.497 e. The highest BCUT2D eigenvalue weighted by Gasteiger charge is 2.35. The van der Waals surface area contributed by atoms with Crippen molar-refractivity contribution in [3.05, 3.63) is 72.3 Å². The van der Waals surface area contributed by atoms with Crippen molar-refractivity contribution in [1.29, 1.82) is 0 Å². The molecule has 0 aliphatic heterocycles. The van der Waals surface area contributed by atoms with Gasteiger partial charge in [-0.25, -0.2) is 8.42 Å². The summed E-state index contributed by atoms with van der Waals surface area (Å²) >= 11 is 0. The van der Waals surface area contributed by atoms with Crippen LogP contribution in [0.4, 0.5) is 5.69 Å². The van der Waals surface area contributed by atoms with Gasteiger partial charge in [0.25, 0.3) is 10.0 Å². The summed E-state index contributed by atoms with van der Waals surface area (Å²) in [5, 5.41) is 2.92. The maximum atomic E-state index is 14.4. The fraction of sp³-hybridized carbons (Fsp3) is 0.394. The van der Waals surface area contributed by atoms with Crippen molar-refractivity contribution in [2.75, 3.05) is 45.8 Å². The molecule has 1 atom stereocenters. The molecule has 0 aliphatic carbocycles. The first kappa shape index (κ1) is 35.0. The first-order chi connectivity index (χ1) is 21.2. The van der Waals surface area contributed by atoms with Gasteiger partial charge in [-0.15, -0.1) is 0 Å². The van der Waals surface area contributed by atoms with Crippen molar-refractivity contribution in [3.63, 3.8) is 0 Å². The van der Waals surface area contributed by atoms with Crippen LogP contribution in [0.5, 0.6) is 23.0 Å². The van der Waals surface area contributed by atoms with Gasteiger partial charge < -0.3 is 29.2 Å². The summed E-state index contributed by atoms with van der Waals surface area (Å²) in [5.41, 5.74) is 0.494. The number of ether oxygens (including phenoxy) is 4. The van der Waals surface area contributed by atoms with Gasteiger partial charge in [0.15, 0.2) is 11.5 Å². The molecule has 3 rings (SSSR count). The maximum Gasteiger partial charge on any atom is 0.265 e. The van der Waals surface area contributed by atoms with Crippen LogP contribution in [0.1, 0.15) is 33.3 Å². The number of sulfonamides is 1. The Labute approximate surface area is 266 Å². The van der Waals surface area contributed by atoms with Gasteiger partial charge in [-0.3, -0.25) is 13.9 Å². The summed E-state index contributed by atoms with van der Waals surface area (Å²) in [7, 11) is 1.27. The van der Waals surface area contributed by atoms with Gasteiger partial charge in [-0.2, -0.15) is 0 Å². The van der Waals surface area contributed by atoms with E-state index in [1.807, 2.05) is 51.1 Å². The molecule has 11 nitrogen and oxygen atoms in total. The Bertz CT molecular complexity index is 1570. The van der Waals surface area contributed by atoms with E-state index in [9.17, 15) is 18.0 Å². The van der Waals surface area contributed by atoms with Gasteiger partial charge in [0.05, 0.1) is 39.0 Å². The lowest BCUT2D eigenvalue weighted by Crippen LogP contribution is -2.55. The normalized spacial score (nSPS) is 12.1. The molecule has 45 heavy (non-hydrogen) atoms. The van der Waals surface area contributed by atoms with Gasteiger partial charge in [-0.05, 0) is 63.9 Å². The molecule has 3 aromatic rings. The van der Waals surface area contributed by atoms with Crippen molar-refractivity contribution < 1.29 is 37.0 Å². The van der Waals surface area contributed by atoms with E-state index < -0.39 is 34.1 Å². The van der Waals surface area contributed by atoms with Gasteiger partial charge in [0.1, 0.15) is 24.1 Å². The Morgan fingerprint density at radius 1 is 0.822 bits per heavy atom. The van der Waals surface area contributed by atoms with Crippen molar-refractivity contribution >= 4 is 27.5 Å². The van der Waals surface area contributed by atoms with Crippen molar-refractivity contribution in [2.45, 2.75) is 50.6 Å². The van der Waals surface area contributed by atoms with E-state index >= 15 is 0 Å². The van der Waals surface area contributed by atoms with Crippen LogP contribution in [-0.2, 0) is 26.0 Å². The SMILES string of the molecule is COc1ccc(OC)c(N(CC(=O)N(CCc2ccccc2)C(C)C(=O)NC(C)(C)C)S(=O)(=O)c2ccc(OC)c(OC)c2)c1. The zero-order valence-electron chi connectivity index (χ0n) is 27.1. The number of hydrogen-bond acceptors (Lipinski definition) is 8. The summed E-state index contributed by atoms with van der Waals surface area (Å²) in [5.74, 6) is 0.128. The van der Waals surface area contributed by atoms with Gasteiger partial charge in [0, 0.05) is 24.2 Å². The highest BCUT2D eigenvalue weighted by molar-refractivity contribution is 7.92. The van der Waals surface area contributed by atoms with Crippen LogP contribution in [0.3, 0.4) is 0 Å². The van der Waals surface area contributed by atoms with Crippen LogP contribution in [-0.4, -0.2) is 78.2 Å². The smallest absolute Gasteiger partial charge is 0.265 e. The highest BCUT2D eigenvalue weighted by Crippen LogP contribution is 2.37. The Hall–Kier alpha value is -4.45. The van der Waals surface area contributed by atoms with E-state index in [2.05, 4.69) is 5.32 Å². The number of benzene rings is 3. The van der Waals surface area contributed by atoms with Gasteiger partial charge >= 0.3 is 0 Å². The van der Waals surface area contributed by atoms with Gasteiger partial charge in [0.2, 0.25) is 11.8 Å². The van der Waals surface area contributed by atoms with E-state index in [1.54, 1.807) is 19.1 Å². The third-order valence-electron chi connectivity index (χ3n) is 7.03. The quantitative estimate of drug-likeness (QED) is 0.277. The number of hydrogen-bond donors (Lipinski definition) is 1. The van der Waals surface area contributed by atoms with E-state index in [0.717, 1.165) is 9.87 Å². The average Bonchev–Trinajstić information content (AvgIpc) is 3.02. The lowest BCUT2D eigenvalue weighted by Gasteiger charge is -2.33. The number of nitrogens with zero attached hydrogens (tertiary/aromatic N) is 2. The molecule has 1 N–H and O–H groups in total. The first-order valence-electron chi connectivity index (χ1n) is 14.4. The standard InChI is InChI=1S/C33H43N3O8S/c1-23(32(38)34-33(2,3)4)35(19-18-24-12-10-9-11-13-24)31(37)22-36(27-20-25(41-5)14-16-28(27)42-6)45(39,40)26-15-17-29(43-7)30(21-26)44-8/h9-17,20-21,23H,18-19,22H2,1-8H3,(H,34,38). The summed E-state index contributed by atoms with van der Waals surface area (Å²) in [6.45, 7) is 6.70. The minimum absolute atomic E-state index is 0.0785. The van der Waals surface area contributed by atoms with Crippen LogP contribution in [0.2, 0.25) is 0 Å². The minimum atomic E-state index is -4.43. The van der Waals surface area contributed by atoms with Crippen LogP contribution in [0.25, 0.3) is 0 Å². The lowest BCUT2D eigenvalue weighted by molar-refractivity contribution is -0.139. The molecule has 0 saturated carbocycles. The molecule has 0 fully saturated rings. The molecule has 3 aromatic carbocycles. The van der Waals surface area contributed by atoms with E-state index in [4.69, 9.17) is 18.9 Å². The first-order valence-corrected chi connectivity index (χ1v) is 15.8. The summed E-state index contributed by atoms with van der Waals surface area (Å²) in [6.07, 6.45) is 0.449. The fourth-order valence-corrected chi connectivity index (χ4v) is 6.09.